The fraction of sp³-hybridized carbons (Fsp3) is 0.708. The van der Waals surface area contributed by atoms with E-state index in [9.17, 15) is 0 Å². The molecule has 1 aliphatic rings. The van der Waals surface area contributed by atoms with Gasteiger partial charge < -0.3 is 9.47 Å². The lowest BCUT2D eigenvalue weighted by molar-refractivity contribution is -0.162. The topological polar surface area (TPSA) is 31.4 Å². The highest BCUT2D eigenvalue weighted by atomic mass is 16.7. The van der Waals surface area contributed by atoms with Crippen molar-refractivity contribution in [1.82, 2.24) is 4.98 Å². The quantitative estimate of drug-likeness (QED) is 0.311. The zero-order valence-electron chi connectivity index (χ0n) is 17.0. The number of aryl methyl sites for hydroxylation is 1. The average molecular weight is 372 g/mol. The van der Waals surface area contributed by atoms with Gasteiger partial charge in [-0.3, -0.25) is 4.98 Å². The molecule has 1 unspecified atom stereocenters. The van der Waals surface area contributed by atoms with E-state index in [4.69, 9.17) is 9.47 Å². The first kappa shape index (κ1) is 21.9. The van der Waals surface area contributed by atoms with Crippen molar-refractivity contribution >= 4 is 0 Å². The molecule has 0 aliphatic carbocycles. The van der Waals surface area contributed by atoms with Gasteiger partial charge in [0.1, 0.15) is 0 Å². The minimum atomic E-state index is 0.0436. The Kier molecular flexibility index (Phi) is 12.7. The van der Waals surface area contributed by atoms with Crippen LogP contribution in [0.1, 0.15) is 89.0 Å². The summed E-state index contributed by atoms with van der Waals surface area (Å²) < 4.78 is 11.3. The normalized spacial score (nSPS) is 16.7. The van der Waals surface area contributed by atoms with E-state index in [1.807, 2.05) is 18.5 Å². The Morgan fingerprint density at radius 1 is 0.963 bits per heavy atom. The van der Waals surface area contributed by atoms with Crippen molar-refractivity contribution in [3.05, 3.63) is 30.1 Å². The van der Waals surface area contributed by atoms with E-state index < -0.39 is 0 Å². The van der Waals surface area contributed by atoms with E-state index in [-0.39, 0.29) is 6.29 Å². The Balaban J connectivity index is 1.29. The largest absolute Gasteiger partial charge is 0.353 e. The fourth-order valence-electron chi connectivity index (χ4n) is 3.37. The van der Waals surface area contributed by atoms with Gasteiger partial charge in [0.05, 0.1) is 6.61 Å². The lowest BCUT2D eigenvalue weighted by Crippen LogP contribution is -2.22. The van der Waals surface area contributed by atoms with Crippen molar-refractivity contribution in [1.29, 1.82) is 0 Å². The van der Waals surface area contributed by atoms with Gasteiger partial charge in [-0.05, 0) is 56.6 Å². The monoisotopic (exact) mass is 371 g/mol. The van der Waals surface area contributed by atoms with Crippen molar-refractivity contribution < 1.29 is 9.47 Å². The van der Waals surface area contributed by atoms with E-state index >= 15 is 0 Å². The van der Waals surface area contributed by atoms with Crippen LogP contribution in [-0.2, 0) is 15.9 Å². The van der Waals surface area contributed by atoms with Crippen LogP contribution in [0.25, 0.3) is 0 Å². The summed E-state index contributed by atoms with van der Waals surface area (Å²) in [5.41, 5.74) is 1.37. The van der Waals surface area contributed by atoms with Gasteiger partial charge in [-0.15, -0.1) is 11.8 Å². The van der Waals surface area contributed by atoms with Crippen LogP contribution in [0.3, 0.4) is 0 Å². The summed E-state index contributed by atoms with van der Waals surface area (Å²) in [6.07, 6.45) is 20.8. The first-order chi connectivity index (χ1) is 13.4. The summed E-state index contributed by atoms with van der Waals surface area (Å²) in [7, 11) is 0. The molecule has 1 aromatic heterocycles. The molecule has 0 spiro atoms. The molecule has 1 saturated heterocycles. The number of nitrogens with zero attached hydrogens (tertiary/aromatic N) is 1. The van der Waals surface area contributed by atoms with Crippen LogP contribution in [0.4, 0.5) is 0 Å². The molecule has 0 bridgehead atoms. The molecule has 0 amide bonds. The summed E-state index contributed by atoms with van der Waals surface area (Å²) in [4.78, 5) is 4.17. The van der Waals surface area contributed by atoms with Gasteiger partial charge in [0.25, 0.3) is 0 Å². The lowest BCUT2D eigenvalue weighted by atomic mass is 10.1. The Hall–Kier alpha value is -1.37. The standard InChI is InChI=1S/C24H37NO2/c1(3-5-7-9-11-16-23-17-15-19-25-22-23)2-4-6-8-10-13-20-26-24-18-12-14-21-27-24/h15,17,19,22,24H,1-5,7,9-14,16,18,20-21H2. The van der Waals surface area contributed by atoms with Crippen LogP contribution in [0, 0.1) is 11.8 Å². The van der Waals surface area contributed by atoms with Gasteiger partial charge in [0, 0.05) is 31.8 Å². The second kappa shape index (κ2) is 15.7. The van der Waals surface area contributed by atoms with E-state index in [1.54, 1.807) is 0 Å². The number of pyridine rings is 1. The highest BCUT2D eigenvalue weighted by Crippen LogP contribution is 2.14. The first-order valence-corrected chi connectivity index (χ1v) is 11.0. The summed E-state index contributed by atoms with van der Waals surface area (Å²) >= 11 is 0. The maximum atomic E-state index is 5.71. The SMILES string of the molecule is C(#CCCCOC1CCCCO1)CCCCCCCCCc1cccnc1. The third kappa shape index (κ3) is 11.8. The molecule has 0 N–H and O–H groups in total. The molecule has 1 fully saturated rings. The van der Waals surface area contributed by atoms with Crippen molar-refractivity contribution in [2.24, 2.45) is 0 Å². The van der Waals surface area contributed by atoms with Crippen LogP contribution in [0.5, 0.6) is 0 Å². The zero-order chi connectivity index (χ0) is 18.8. The van der Waals surface area contributed by atoms with Gasteiger partial charge >= 0.3 is 0 Å². The molecule has 1 atom stereocenters. The second-order valence-corrected chi connectivity index (χ2v) is 7.46. The number of unbranched alkanes of at least 4 members (excludes halogenated alkanes) is 8. The Bertz CT molecular complexity index is 514. The summed E-state index contributed by atoms with van der Waals surface area (Å²) in [6.45, 7) is 1.63. The Morgan fingerprint density at radius 2 is 1.74 bits per heavy atom. The van der Waals surface area contributed by atoms with Crippen LogP contribution in [0.2, 0.25) is 0 Å². The van der Waals surface area contributed by atoms with E-state index in [0.29, 0.717) is 0 Å². The van der Waals surface area contributed by atoms with Gasteiger partial charge in [-0.2, -0.15) is 0 Å². The third-order valence-corrected chi connectivity index (χ3v) is 5.00. The van der Waals surface area contributed by atoms with Crippen LogP contribution in [0.15, 0.2) is 24.5 Å². The minimum absolute atomic E-state index is 0.0436. The molecule has 3 nitrogen and oxygen atoms in total. The molecule has 0 saturated carbocycles. The Morgan fingerprint density at radius 3 is 2.48 bits per heavy atom. The van der Waals surface area contributed by atoms with Gasteiger partial charge in [-0.1, -0.05) is 38.2 Å². The van der Waals surface area contributed by atoms with E-state index in [0.717, 1.165) is 38.9 Å². The lowest BCUT2D eigenvalue weighted by Gasteiger charge is -2.22. The molecule has 150 valence electrons. The molecular formula is C24H37NO2. The Labute approximate surface area is 166 Å². The number of hydrogen-bond acceptors (Lipinski definition) is 3. The maximum absolute atomic E-state index is 5.71. The third-order valence-electron chi connectivity index (χ3n) is 5.00. The average Bonchev–Trinajstić information content (AvgIpc) is 2.72. The van der Waals surface area contributed by atoms with E-state index in [2.05, 4.69) is 22.9 Å². The molecule has 1 aromatic rings. The predicted molar refractivity (Wildman–Crippen MR) is 111 cm³/mol. The highest BCUT2D eigenvalue weighted by molar-refractivity contribution is 5.08. The molecule has 27 heavy (non-hydrogen) atoms. The predicted octanol–water partition coefficient (Wildman–Crippen LogP) is 6.07. The number of aromatic nitrogens is 1. The smallest absolute Gasteiger partial charge is 0.157 e. The molecule has 0 aromatic carbocycles. The van der Waals surface area contributed by atoms with Crippen molar-refractivity contribution in [3.63, 3.8) is 0 Å². The maximum Gasteiger partial charge on any atom is 0.157 e. The molecule has 0 radical (unpaired) electrons. The first-order valence-electron chi connectivity index (χ1n) is 11.0. The highest BCUT2D eigenvalue weighted by Gasteiger charge is 2.12. The van der Waals surface area contributed by atoms with Crippen molar-refractivity contribution in [2.75, 3.05) is 13.2 Å². The summed E-state index contributed by atoms with van der Waals surface area (Å²) in [6, 6.07) is 4.20. The van der Waals surface area contributed by atoms with E-state index in [1.165, 1.54) is 69.8 Å². The number of rotatable bonds is 13. The molecule has 1 aliphatic heterocycles. The number of ether oxygens (including phenoxy) is 2. The van der Waals surface area contributed by atoms with Crippen molar-refractivity contribution in [3.8, 4) is 11.8 Å². The molecule has 2 heterocycles. The van der Waals surface area contributed by atoms with Gasteiger partial charge in [0.2, 0.25) is 0 Å². The van der Waals surface area contributed by atoms with Crippen LogP contribution < -0.4 is 0 Å². The summed E-state index contributed by atoms with van der Waals surface area (Å²) in [5.74, 6) is 6.59. The van der Waals surface area contributed by atoms with Crippen molar-refractivity contribution in [2.45, 2.75) is 96.2 Å². The molecule has 2 rings (SSSR count). The fourth-order valence-corrected chi connectivity index (χ4v) is 3.37. The second-order valence-electron chi connectivity index (χ2n) is 7.46. The van der Waals surface area contributed by atoms with Crippen LogP contribution in [-0.4, -0.2) is 24.5 Å². The summed E-state index contributed by atoms with van der Waals surface area (Å²) in [5, 5.41) is 0. The van der Waals surface area contributed by atoms with Gasteiger partial charge in [0.15, 0.2) is 6.29 Å². The molecular weight excluding hydrogens is 334 g/mol. The zero-order valence-corrected chi connectivity index (χ0v) is 17.0. The van der Waals surface area contributed by atoms with Gasteiger partial charge in [-0.25, -0.2) is 0 Å². The minimum Gasteiger partial charge on any atom is -0.353 e. The molecule has 3 heteroatoms. The van der Waals surface area contributed by atoms with Crippen LogP contribution >= 0.6 is 0 Å². The number of hydrogen-bond donors (Lipinski definition) is 0.